The van der Waals surface area contributed by atoms with Crippen LogP contribution in [0.2, 0.25) is 0 Å². The standard InChI is InChI=1S/C19H14N2O5/c1-23-14-8-6-12(7-9-14)18-20-17(26-21-18)11-24-19(22)16-10-13-4-2-3-5-15(13)25-16/h2-10H,11H2,1H3. The average molecular weight is 350 g/mol. The van der Waals surface area contributed by atoms with E-state index in [1.54, 1.807) is 31.4 Å². The maximum atomic E-state index is 12.1. The summed E-state index contributed by atoms with van der Waals surface area (Å²) in [6.07, 6.45) is 0. The number of rotatable bonds is 5. The van der Waals surface area contributed by atoms with Gasteiger partial charge in [0.2, 0.25) is 11.6 Å². The minimum atomic E-state index is -0.592. The maximum absolute atomic E-state index is 12.1. The first-order valence-electron chi connectivity index (χ1n) is 7.85. The summed E-state index contributed by atoms with van der Waals surface area (Å²) >= 11 is 0. The van der Waals surface area contributed by atoms with Crippen LogP contribution in [-0.4, -0.2) is 23.2 Å². The molecule has 7 heteroatoms. The molecule has 0 atom stereocenters. The highest BCUT2D eigenvalue weighted by molar-refractivity contribution is 5.92. The molecule has 130 valence electrons. The predicted octanol–water partition coefficient (Wildman–Crippen LogP) is 3.85. The molecule has 0 saturated carbocycles. The van der Waals surface area contributed by atoms with Crippen molar-refractivity contribution >= 4 is 16.9 Å². The van der Waals surface area contributed by atoms with Crippen molar-refractivity contribution in [1.82, 2.24) is 10.1 Å². The molecule has 0 aliphatic rings. The van der Waals surface area contributed by atoms with E-state index < -0.39 is 5.97 Å². The van der Waals surface area contributed by atoms with E-state index in [9.17, 15) is 4.79 Å². The van der Waals surface area contributed by atoms with Crippen LogP contribution in [0.1, 0.15) is 16.4 Å². The molecule has 0 amide bonds. The number of carbonyl (C=O) groups is 1. The van der Waals surface area contributed by atoms with E-state index in [2.05, 4.69) is 10.1 Å². The van der Waals surface area contributed by atoms with Gasteiger partial charge < -0.3 is 18.4 Å². The molecule has 4 aromatic rings. The van der Waals surface area contributed by atoms with E-state index >= 15 is 0 Å². The summed E-state index contributed by atoms with van der Waals surface area (Å²) in [5.74, 6) is 0.867. The number of para-hydroxylation sites is 1. The zero-order chi connectivity index (χ0) is 17.9. The van der Waals surface area contributed by atoms with Gasteiger partial charge in [0.1, 0.15) is 11.3 Å². The van der Waals surface area contributed by atoms with Crippen molar-refractivity contribution in [1.29, 1.82) is 0 Å². The Hall–Kier alpha value is -3.61. The second-order valence-corrected chi connectivity index (χ2v) is 5.46. The lowest BCUT2D eigenvalue weighted by molar-refractivity contribution is 0.0396. The normalized spacial score (nSPS) is 10.8. The van der Waals surface area contributed by atoms with Crippen molar-refractivity contribution in [3.05, 3.63) is 66.2 Å². The zero-order valence-electron chi connectivity index (χ0n) is 13.8. The molecule has 0 aliphatic heterocycles. The fraction of sp³-hybridized carbons (Fsp3) is 0.105. The van der Waals surface area contributed by atoms with Crippen LogP contribution >= 0.6 is 0 Å². The molecule has 7 nitrogen and oxygen atoms in total. The molecule has 2 aromatic heterocycles. The van der Waals surface area contributed by atoms with E-state index in [0.29, 0.717) is 11.4 Å². The number of fused-ring (bicyclic) bond motifs is 1. The van der Waals surface area contributed by atoms with E-state index in [0.717, 1.165) is 16.7 Å². The number of ether oxygens (including phenoxy) is 2. The lowest BCUT2D eigenvalue weighted by Crippen LogP contribution is -2.04. The molecule has 4 rings (SSSR count). The average Bonchev–Trinajstić information content (AvgIpc) is 3.33. The predicted molar refractivity (Wildman–Crippen MR) is 91.6 cm³/mol. The molecular formula is C19H14N2O5. The Bertz CT molecular complexity index is 1020. The largest absolute Gasteiger partial charge is 0.497 e. The third-order valence-corrected chi connectivity index (χ3v) is 3.77. The van der Waals surface area contributed by atoms with Crippen molar-refractivity contribution < 1.29 is 23.2 Å². The third kappa shape index (κ3) is 3.14. The summed E-state index contributed by atoms with van der Waals surface area (Å²) in [7, 11) is 1.60. The van der Waals surface area contributed by atoms with Gasteiger partial charge >= 0.3 is 5.97 Å². The minimum Gasteiger partial charge on any atom is -0.497 e. The highest BCUT2D eigenvalue weighted by Gasteiger charge is 2.16. The molecular weight excluding hydrogens is 336 g/mol. The van der Waals surface area contributed by atoms with Gasteiger partial charge in [0.15, 0.2) is 6.61 Å². The first-order valence-corrected chi connectivity index (χ1v) is 7.85. The molecule has 2 heterocycles. The van der Waals surface area contributed by atoms with Crippen molar-refractivity contribution in [3.63, 3.8) is 0 Å². The Labute approximate surface area is 148 Å². The molecule has 0 fully saturated rings. The van der Waals surface area contributed by atoms with Crippen LogP contribution in [0.25, 0.3) is 22.4 Å². The second-order valence-electron chi connectivity index (χ2n) is 5.46. The van der Waals surface area contributed by atoms with E-state index in [4.69, 9.17) is 18.4 Å². The van der Waals surface area contributed by atoms with Crippen LogP contribution in [0, 0.1) is 0 Å². The maximum Gasteiger partial charge on any atom is 0.374 e. The van der Waals surface area contributed by atoms with Gasteiger partial charge in [-0.05, 0) is 36.4 Å². The fourth-order valence-corrected chi connectivity index (χ4v) is 2.45. The number of aromatic nitrogens is 2. The quantitative estimate of drug-likeness (QED) is 0.505. The first-order chi connectivity index (χ1) is 12.7. The second kappa shape index (κ2) is 6.72. The Kier molecular flexibility index (Phi) is 4.10. The topological polar surface area (TPSA) is 87.6 Å². The summed E-state index contributed by atoms with van der Waals surface area (Å²) in [4.78, 5) is 16.3. The molecule has 2 aromatic carbocycles. The Morgan fingerprint density at radius 1 is 1.12 bits per heavy atom. The summed E-state index contributed by atoms with van der Waals surface area (Å²) < 4.78 is 20.9. The highest BCUT2D eigenvalue weighted by atomic mass is 16.6. The number of benzene rings is 2. The van der Waals surface area contributed by atoms with Gasteiger partial charge in [0.05, 0.1) is 7.11 Å². The molecule has 0 saturated heterocycles. The van der Waals surface area contributed by atoms with Crippen LogP contribution in [-0.2, 0) is 11.3 Å². The first kappa shape index (κ1) is 15.9. The van der Waals surface area contributed by atoms with Gasteiger partial charge in [-0.1, -0.05) is 23.4 Å². The minimum absolute atomic E-state index is 0.126. The Morgan fingerprint density at radius 2 is 1.92 bits per heavy atom. The number of methoxy groups -OCH3 is 1. The lowest BCUT2D eigenvalue weighted by Gasteiger charge is -1.99. The van der Waals surface area contributed by atoms with Crippen LogP contribution in [0.3, 0.4) is 0 Å². The Balaban J connectivity index is 1.43. The van der Waals surface area contributed by atoms with Crippen LogP contribution in [0.4, 0.5) is 0 Å². The monoisotopic (exact) mass is 350 g/mol. The molecule has 0 spiro atoms. The molecule has 26 heavy (non-hydrogen) atoms. The van der Waals surface area contributed by atoms with Crippen molar-refractivity contribution in [2.45, 2.75) is 6.61 Å². The van der Waals surface area contributed by atoms with E-state index in [1.807, 2.05) is 30.3 Å². The highest BCUT2D eigenvalue weighted by Crippen LogP contribution is 2.21. The van der Waals surface area contributed by atoms with Crippen molar-refractivity contribution in [2.24, 2.45) is 0 Å². The van der Waals surface area contributed by atoms with Gasteiger partial charge in [-0.2, -0.15) is 4.98 Å². The van der Waals surface area contributed by atoms with E-state index in [1.165, 1.54) is 0 Å². The number of hydrogen-bond donors (Lipinski definition) is 0. The van der Waals surface area contributed by atoms with Crippen LogP contribution in [0.5, 0.6) is 5.75 Å². The van der Waals surface area contributed by atoms with Crippen LogP contribution < -0.4 is 4.74 Å². The fourth-order valence-electron chi connectivity index (χ4n) is 2.45. The lowest BCUT2D eigenvalue weighted by atomic mass is 10.2. The number of hydrogen-bond acceptors (Lipinski definition) is 7. The Morgan fingerprint density at radius 3 is 2.69 bits per heavy atom. The van der Waals surface area contributed by atoms with Gasteiger partial charge in [-0.3, -0.25) is 0 Å². The number of carbonyl (C=O) groups excluding carboxylic acids is 1. The van der Waals surface area contributed by atoms with Gasteiger partial charge in [0, 0.05) is 10.9 Å². The van der Waals surface area contributed by atoms with Crippen molar-refractivity contribution in [3.8, 4) is 17.1 Å². The van der Waals surface area contributed by atoms with Crippen LogP contribution in [0.15, 0.2) is 63.5 Å². The van der Waals surface area contributed by atoms with Gasteiger partial charge in [-0.15, -0.1) is 0 Å². The summed E-state index contributed by atoms with van der Waals surface area (Å²) in [5.41, 5.74) is 1.39. The SMILES string of the molecule is COc1ccc(-c2noc(COC(=O)c3cc4ccccc4o3)n2)cc1. The van der Waals surface area contributed by atoms with Gasteiger partial charge in [-0.25, -0.2) is 4.79 Å². The summed E-state index contributed by atoms with van der Waals surface area (Å²) in [6, 6.07) is 16.2. The van der Waals surface area contributed by atoms with Crippen molar-refractivity contribution in [2.75, 3.05) is 7.11 Å². The van der Waals surface area contributed by atoms with E-state index in [-0.39, 0.29) is 18.3 Å². The molecule has 0 unspecified atom stereocenters. The molecule has 0 N–H and O–H groups in total. The summed E-state index contributed by atoms with van der Waals surface area (Å²) in [6.45, 7) is -0.140. The smallest absolute Gasteiger partial charge is 0.374 e. The third-order valence-electron chi connectivity index (χ3n) is 3.77. The molecule has 0 radical (unpaired) electrons. The zero-order valence-corrected chi connectivity index (χ0v) is 13.8. The number of esters is 1. The number of furan rings is 1. The molecule has 0 aliphatic carbocycles. The van der Waals surface area contributed by atoms with Gasteiger partial charge in [0.25, 0.3) is 5.89 Å². The molecule has 0 bridgehead atoms. The number of nitrogens with zero attached hydrogens (tertiary/aromatic N) is 2. The summed E-state index contributed by atoms with van der Waals surface area (Å²) in [5, 5.41) is 4.72.